The maximum absolute atomic E-state index is 13.5. The van der Waals surface area contributed by atoms with Crippen molar-refractivity contribution in [3.8, 4) is 0 Å². The van der Waals surface area contributed by atoms with Crippen molar-refractivity contribution in [2.24, 2.45) is 0 Å². The van der Waals surface area contributed by atoms with E-state index in [-0.39, 0.29) is 11.9 Å². The Balaban J connectivity index is 4.91. The van der Waals surface area contributed by atoms with Crippen molar-refractivity contribution in [1.82, 2.24) is 0 Å². The van der Waals surface area contributed by atoms with E-state index in [1.165, 1.54) is 128 Å². The van der Waals surface area contributed by atoms with Gasteiger partial charge in [0.1, 0.15) is 0 Å². The van der Waals surface area contributed by atoms with Crippen LogP contribution >= 0.6 is 13.7 Å². The zero-order valence-corrected chi connectivity index (χ0v) is 37.4. The van der Waals surface area contributed by atoms with Gasteiger partial charge in [-0.3, -0.25) is 0 Å². The monoisotopic (exact) mass is 747 g/mol. The fourth-order valence-electron chi connectivity index (χ4n) is 8.44. The van der Waals surface area contributed by atoms with Gasteiger partial charge in [-0.15, -0.1) is 0 Å². The Kier molecular flexibility index (Phi) is 29.1. The molecular formula is C44H92O4P2. The van der Waals surface area contributed by atoms with Crippen LogP contribution in [0.4, 0.5) is 0 Å². The molecule has 0 aromatic heterocycles. The third kappa shape index (κ3) is 19.8. The summed E-state index contributed by atoms with van der Waals surface area (Å²) in [4.78, 5) is 26.9. The van der Waals surface area contributed by atoms with E-state index in [1.54, 1.807) is 0 Å². The molecule has 0 aromatic carbocycles. The molecule has 0 radical (unpaired) electrons. The molecule has 0 saturated carbocycles. The van der Waals surface area contributed by atoms with Gasteiger partial charge in [-0.05, 0) is 0 Å². The van der Waals surface area contributed by atoms with Crippen molar-refractivity contribution in [3.05, 3.63) is 0 Å². The Hall–Kier alpha value is -0.200. The summed E-state index contributed by atoms with van der Waals surface area (Å²) in [6.07, 6.45) is 38.4. The molecule has 0 fully saturated rings. The number of carbonyl (C=O) groups excluding carboxylic acids is 2. The molecular weight excluding hydrogens is 654 g/mol. The van der Waals surface area contributed by atoms with Crippen LogP contribution in [0, 0.1) is 0 Å². The molecule has 0 aliphatic rings. The van der Waals surface area contributed by atoms with Gasteiger partial charge in [0.15, 0.2) is 0 Å². The predicted molar refractivity (Wildman–Crippen MR) is 230 cm³/mol. The summed E-state index contributed by atoms with van der Waals surface area (Å²) in [6, 6.07) is 0. The number of unbranched alkanes of at least 4 members (excludes halogenated alkanes) is 15. The zero-order chi connectivity index (χ0) is 37.5. The first-order chi connectivity index (χ1) is 24.1. The van der Waals surface area contributed by atoms with E-state index in [0.29, 0.717) is 12.8 Å². The summed E-state index contributed by atoms with van der Waals surface area (Å²) in [5.41, 5.74) is 0. The average molecular weight is 747 g/mol. The Labute approximate surface area is 314 Å². The number of carbonyl (C=O) groups is 2. The van der Waals surface area contributed by atoms with Crippen LogP contribution in [0.3, 0.4) is 0 Å². The molecule has 0 amide bonds. The summed E-state index contributed by atoms with van der Waals surface area (Å²) in [7, 11) is 0. The Morgan fingerprint density at radius 2 is 0.480 bits per heavy atom. The first-order valence-electron chi connectivity index (χ1n) is 22.6. The molecule has 6 heteroatoms. The van der Waals surface area contributed by atoms with Gasteiger partial charge in [-0.25, -0.2) is 0 Å². The normalized spacial score (nSPS) is 13.8. The molecule has 0 aliphatic heterocycles. The maximum atomic E-state index is 13.5. The first-order valence-corrected chi connectivity index (χ1v) is 28.4. The molecule has 0 heterocycles. The molecule has 0 aromatic rings. The van der Waals surface area contributed by atoms with Gasteiger partial charge >= 0.3 is 316 Å². The van der Waals surface area contributed by atoms with Gasteiger partial charge < -0.3 is 0 Å². The van der Waals surface area contributed by atoms with Crippen molar-refractivity contribution in [1.29, 1.82) is 0 Å². The van der Waals surface area contributed by atoms with E-state index in [4.69, 9.17) is 9.05 Å². The molecule has 0 bridgehead atoms. The van der Waals surface area contributed by atoms with Crippen molar-refractivity contribution in [2.45, 2.75) is 222 Å². The molecule has 0 N–H and O–H groups in total. The summed E-state index contributed by atoms with van der Waals surface area (Å²) < 4.78 is 13.8. The van der Waals surface area contributed by atoms with E-state index in [2.05, 4.69) is 55.4 Å². The molecule has 0 rings (SSSR count). The van der Waals surface area contributed by atoms with E-state index in [9.17, 15) is 9.59 Å². The summed E-state index contributed by atoms with van der Waals surface area (Å²) in [5, 5.41) is 0. The SMILES string of the molecule is CCCCP(CCCC)(CCCC)(CCCC)OC(=O)CCCCCCCCCCC(=O)OP(CCCC)(CCCC)(CCCC)CCCC. The Morgan fingerprint density at radius 3 is 0.660 bits per heavy atom. The molecule has 50 heavy (non-hydrogen) atoms. The van der Waals surface area contributed by atoms with Gasteiger partial charge in [-0.1, -0.05) is 0 Å². The van der Waals surface area contributed by atoms with Crippen LogP contribution in [0.5, 0.6) is 0 Å². The van der Waals surface area contributed by atoms with Gasteiger partial charge in [0.2, 0.25) is 0 Å². The fraction of sp³-hybridized carbons (Fsp3) is 0.955. The van der Waals surface area contributed by atoms with Crippen LogP contribution in [-0.4, -0.2) is 61.2 Å². The average Bonchev–Trinajstić information content (AvgIpc) is 3.12. The second-order valence-electron chi connectivity index (χ2n) is 16.6. The standard InChI is InChI=1S/C44H92O4P2/c1-9-17-35-49(36-18-10-2,37-19-11-3,38-20-12-4)47-43(45)33-31-29-27-25-26-28-30-32-34-44(46)48-50(39-21-13-5,40-22-14-6,41-23-15-7)42-24-16-8/h9-42H2,1-8H3. The first kappa shape index (κ1) is 49.8. The molecule has 4 nitrogen and oxygen atoms in total. The quantitative estimate of drug-likeness (QED) is 0.0469. The third-order valence-corrected chi connectivity index (χ3v) is 24.9. The Morgan fingerprint density at radius 1 is 0.300 bits per heavy atom. The summed E-state index contributed by atoms with van der Waals surface area (Å²) in [5.74, 6) is 0.216. The van der Waals surface area contributed by atoms with E-state index >= 15 is 0 Å². The molecule has 0 aliphatic carbocycles. The number of rotatable bonds is 37. The number of hydrogen-bond acceptors (Lipinski definition) is 4. The predicted octanol–water partition coefficient (Wildman–Crippen LogP) is 15.3. The third-order valence-electron chi connectivity index (χ3n) is 11.9. The van der Waals surface area contributed by atoms with Crippen molar-refractivity contribution < 1.29 is 18.6 Å². The van der Waals surface area contributed by atoms with Crippen LogP contribution in [0.1, 0.15) is 222 Å². The number of hydrogen-bond donors (Lipinski definition) is 0. The Bertz CT molecular complexity index is 689. The van der Waals surface area contributed by atoms with Gasteiger partial charge in [0.05, 0.1) is 0 Å². The molecule has 302 valence electrons. The summed E-state index contributed by atoms with van der Waals surface area (Å²) in [6.45, 7) is 13.2. The topological polar surface area (TPSA) is 52.6 Å². The minimum absolute atomic E-state index is 0.108. The van der Waals surface area contributed by atoms with Crippen molar-refractivity contribution in [2.75, 3.05) is 49.3 Å². The minimum atomic E-state index is -2.52. The van der Waals surface area contributed by atoms with E-state index < -0.39 is 13.7 Å². The second kappa shape index (κ2) is 29.2. The van der Waals surface area contributed by atoms with Crippen LogP contribution < -0.4 is 0 Å². The van der Waals surface area contributed by atoms with Gasteiger partial charge in [0.25, 0.3) is 0 Å². The van der Waals surface area contributed by atoms with Crippen molar-refractivity contribution in [3.63, 3.8) is 0 Å². The van der Waals surface area contributed by atoms with Crippen molar-refractivity contribution >= 4 is 25.6 Å². The van der Waals surface area contributed by atoms with E-state index in [0.717, 1.165) is 75.0 Å². The molecule has 0 atom stereocenters. The summed E-state index contributed by atoms with van der Waals surface area (Å²) >= 11 is 0. The van der Waals surface area contributed by atoms with Crippen LogP contribution in [-0.2, 0) is 18.6 Å². The zero-order valence-electron chi connectivity index (χ0n) is 35.6. The molecule has 0 saturated heterocycles. The van der Waals surface area contributed by atoms with Gasteiger partial charge in [-0.2, -0.15) is 0 Å². The fourth-order valence-corrected chi connectivity index (χ4v) is 22.1. The van der Waals surface area contributed by atoms with Crippen LogP contribution in [0.15, 0.2) is 0 Å². The molecule has 0 spiro atoms. The van der Waals surface area contributed by atoms with Gasteiger partial charge in [0, 0.05) is 0 Å². The second-order valence-corrected chi connectivity index (χ2v) is 28.0. The van der Waals surface area contributed by atoms with E-state index in [1.807, 2.05) is 0 Å². The van der Waals surface area contributed by atoms with Crippen LogP contribution in [0.2, 0.25) is 0 Å². The van der Waals surface area contributed by atoms with Crippen LogP contribution in [0.25, 0.3) is 0 Å². The molecule has 0 unspecified atom stereocenters.